The number of aromatic nitrogens is 3. The van der Waals surface area contributed by atoms with Gasteiger partial charge in [0.2, 0.25) is 16.0 Å². The van der Waals surface area contributed by atoms with Crippen molar-refractivity contribution in [3.8, 4) is 0 Å². The molecule has 0 saturated carbocycles. The molecule has 0 radical (unpaired) electrons. The molecule has 0 atom stereocenters. The maximum atomic E-state index is 11.6. The number of hydrogen-bond acceptors (Lipinski definition) is 4. The van der Waals surface area contributed by atoms with Crippen LogP contribution >= 0.6 is 0 Å². The molecule has 2 aromatic rings. The van der Waals surface area contributed by atoms with Gasteiger partial charge in [-0.05, 0) is 26.0 Å². The Morgan fingerprint density at radius 1 is 1.44 bits per heavy atom. The number of nitrogens with one attached hydrogen (secondary N) is 2. The first-order valence-electron chi connectivity index (χ1n) is 4.81. The molecule has 0 amide bonds. The Hall–Kier alpha value is -1.63. The first-order chi connectivity index (χ1) is 7.49. The fourth-order valence-electron chi connectivity index (χ4n) is 1.15. The van der Waals surface area contributed by atoms with Gasteiger partial charge in [0.1, 0.15) is 0 Å². The van der Waals surface area contributed by atoms with E-state index in [1.807, 2.05) is 0 Å². The van der Waals surface area contributed by atoms with Crippen molar-refractivity contribution in [2.24, 2.45) is 0 Å². The summed E-state index contributed by atoms with van der Waals surface area (Å²) in [6.45, 7) is 3.20. The fourth-order valence-corrected chi connectivity index (χ4v) is 1.75. The average Bonchev–Trinajstić information content (AvgIpc) is 2.58. The maximum absolute atomic E-state index is 11.6. The summed E-state index contributed by atoms with van der Waals surface area (Å²) in [5.41, 5.74) is 1.19. The Morgan fingerprint density at radius 2 is 2.19 bits per heavy atom. The van der Waals surface area contributed by atoms with Gasteiger partial charge < -0.3 is 4.98 Å². The van der Waals surface area contributed by atoms with Crippen molar-refractivity contribution in [3.63, 3.8) is 0 Å². The first-order valence-corrected chi connectivity index (χ1v) is 6.36. The van der Waals surface area contributed by atoms with Gasteiger partial charge in [0, 0.05) is 6.20 Å². The van der Waals surface area contributed by atoms with Crippen LogP contribution in [0, 0.1) is 0 Å². The highest BCUT2D eigenvalue weighted by Gasteiger charge is 2.17. The third kappa shape index (κ3) is 1.99. The van der Waals surface area contributed by atoms with E-state index >= 15 is 0 Å². The molecule has 6 nitrogen and oxygen atoms in total. The third-order valence-electron chi connectivity index (χ3n) is 2.12. The summed E-state index contributed by atoms with van der Waals surface area (Å²) in [6, 6.07) is 3.53. The number of rotatable bonds is 3. The largest absolute Gasteiger partial charge is 0.322 e. The summed E-state index contributed by atoms with van der Waals surface area (Å²) in [5, 5.41) is -0.506. The Labute approximate surface area is 93.2 Å². The van der Waals surface area contributed by atoms with Crippen LogP contribution in [0.25, 0.3) is 11.2 Å². The zero-order chi connectivity index (χ0) is 11.8. The van der Waals surface area contributed by atoms with E-state index in [-0.39, 0.29) is 5.95 Å². The summed E-state index contributed by atoms with van der Waals surface area (Å²) >= 11 is 0. The van der Waals surface area contributed by atoms with E-state index < -0.39 is 15.3 Å². The SMILES string of the molecule is CC(C)S(=O)(=O)Nc1nc2ncccc2[nH]1. The van der Waals surface area contributed by atoms with Crippen LogP contribution in [-0.2, 0) is 10.0 Å². The van der Waals surface area contributed by atoms with E-state index in [9.17, 15) is 8.42 Å². The predicted molar refractivity (Wildman–Crippen MR) is 61.6 cm³/mol. The second-order valence-electron chi connectivity index (χ2n) is 3.66. The van der Waals surface area contributed by atoms with Crippen molar-refractivity contribution in [3.05, 3.63) is 18.3 Å². The van der Waals surface area contributed by atoms with Crippen LogP contribution in [0.4, 0.5) is 5.95 Å². The van der Waals surface area contributed by atoms with Gasteiger partial charge in [-0.15, -0.1) is 0 Å². The highest BCUT2D eigenvalue weighted by molar-refractivity contribution is 7.93. The lowest BCUT2D eigenvalue weighted by molar-refractivity contribution is 0.592. The smallest absolute Gasteiger partial charge is 0.237 e. The van der Waals surface area contributed by atoms with Crippen molar-refractivity contribution in [1.29, 1.82) is 0 Å². The topological polar surface area (TPSA) is 87.7 Å². The number of pyridine rings is 1. The van der Waals surface area contributed by atoms with Crippen LogP contribution in [0.15, 0.2) is 18.3 Å². The number of anilines is 1. The van der Waals surface area contributed by atoms with Crippen molar-refractivity contribution in [2.45, 2.75) is 19.1 Å². The Kier molecular flexibility index (Phi) is 2.55. The lowest BCUT2D eigenvalue weighted by atomic mass is 10.4. The number of H-pyrrole nitrogens is 1. The summed E-state index contributed by atoms with van der Waals surface area (Å²) < 4.78 is 25.5. The highest BCUT2D eigenvalue weighted by Crippen LogP contribution is 2.13. The zero-order valence-electron chi connectivity index (χ0n) is 8.93. The van der Waals surface area contributed by atoms with Gasteiger partial charge in [0.25, 0.3) is 0 Å². The Morgan fingerprint density at radius 3 is 2.81 bits per heavy atom. The Balaban J connectivity index is 2.36. The van der Waals surface area contributed by atoms with Gasteiger partial charge in [0.15, 0.2) is 5.65 Å². The average molecular weight is 240 g/mol. The van der Waals surface area contributed by atoms with Crippen LogP contribution in [-0.4, -0.2) is 28.6 Å². The number of sulfonamides is 1. The standard InChI is InChI=1S/C9H12N4O2S/c1-6(2)16(14,15)13-9-11-7-4-3-5-10-8(7)12-9/h3-6H,1-2H3,(H2,10,11,12,13). The summed E-state index contributed by atoms with van der Waals surface area (Å²) in [5.74, 6) is 0.197. The summed E-state index contributed by atoms with van der Waals surface area (Å²) in [7, 11) is -3.37. The van der Waals surface area contributed by atoms with Crippen LogP contribution in [0.5, 0.6) is 0 Å². The molecule has 0 aliphatic rings. The van der Waals surface area contributed by atoms with Crippen LogP contribution in [0.3, 0.4) is 0 Å². The second kappa shape index (κ2) is 3.75. The van der Waals surface area contributed by atoms with Crippen molar-refractivity contribution in [1.82, 2.24) is 15.0 Å². The molecule has 0 aliphatic heterocycles. The van der Waals surface area contributed by atoms with Gasteiger partial charge in [-0.1, -0.05) is 0 Å². The lowest BCUT2D eigenvalue weighted by Gasteiger charge is -2.07. The molecule has 7 heteroatoms. The minimum Gasteiger partial charge on any atom is -0.322 e. The maximum Gasteiger partial charge on any atom is 0.237 e. The highest BCUT2D eigenvalue weighted by atomic mass is 32.2. The number of imidazole rings is 1. The minimum atomic E-state index is -3.37. The van der Waals surface area contributed by atoms with Crippen molar-refractivity contribution < 1.29 is 8.42 Å². The molecule has 86 valence electrons. The molecule has 2 N–H and O–H groups in total. The molecule has 16 heavy (non-hydrogen) atoms. The summed E-state index contributed by atoms with van der Waals surface area (Å²) in [6.07, 6.45) is 1.60. The van der Waals surface area contributed by atoms with E-state index in [0.717, 1.165) is 0 Å². The van der Waals surface area contributed by atoms with Crippen LogP contribution < -0.4 is 4.72 Å². The normalized spacial score (nSPS) is 12.2. The molecule has 0 aliphatic carbocycles. The van der Waals surface area contributed by atoms with E-state index in [4.69, 9.17) is 0 Å². The van der Waals surface area contributed by atoms with Crippen LogP contribution in [0.2, 0.25) is 0 Å². The summed E-state index contributed by atoms with van der Waals surface area (Å²) in [4.78, 5) is 10.9. The lowest BCUT2D eigenvalue weighted by Crippen LogP contribution is -2.23. The van der Waals surface area contributed by atoms with E-state index in [1.165, 1.54) is 0 Å². The first kappa shape index (κ1) is 10.9. The van der Waals surface area contributed by atoms with Crippen molar-refractivity contribution >= 4 is 27.1 Å². The molecule has 0 aromatic carbocycles. The molecule has 2 aromatic heterocycles. The predicted octanol–water partition coefficient (Wildman–Crippen LogP) is 1.11. The molecule has 2 rings (SSSR count). The molecule has 0 bridgehead atoms. The van der Waals surface area contributed by atoms with Gasteiger partial charge in [-0.2, -0.15) is 4.98 Å². The molecule has 0 fully saturated rings. The molecular formula is C9H12N4O2S. The number of hydrogen-bond donors (Lipinski definition) is 2. The van der Waals surface area contributed by atoms with Gasteiger partial charge in [-0.25, -0.2) is 13.4 Å². The van der Waals surface area contributed by atoms with E-state index in [1.54, 1.807) is 32.2 Å². The molecule has 0 spiro atoms. The number of fused-ring (bicyclic) bond motifs is 1. The van der Waals surface area contributed by atoms with Crippen molar-refractivity contribution in [2.75, 3.05) is 4.72 Å². The number of nitrogens with zero attached hydrogens (tertiary/aromatic N) is 2. The molecule has 0 saturated heterocycles. The fraction of sp³-hybridized carbons (Fsp3) is 0.333. The minimum absolute atomic E-state index is 0.197. The zero-order valence-corrected chi connectivity index (χ0v) is 9.75. The van der Waals surface area contributed by atoms with Gasteiger partial charge in [-0.3, -0.25) is 4.72 Å². The third-order valence-corrected chi connectivity index (χ3v) is 3.84. The Bertz CT molecular complexity index is 570. The second-order valence-corrected chi connectivity index (χ2v) is 5.89. The van der Waals surface area contributed by atoms with E-state index in [2.05, 4.69) is 19.7 Å². The monoisotopic (exact) mass is 240 g/mol. The van der Waals surface area contributed by atoms with Gasteiger partial charge in [0.05, 0.1) is 10.8 Å². The number of aromatic amines is 1. The van der Waals surface area contributed by atoms with Crippen LogP contribution in [0.1, 0.15) is 13.8 Å². The quantitative estimate of drug-likeness (QED) is 0.841. The van der Waals surface area contributed by atoms with E-state index in [0.29, 0.717) is 11.2 Å². The molecule has 0 unspecified atom stereocenters. The van der Waals surface area contributed by atoms with Gasteiger partial charge >= 0.3 is 0 Å². The molecule has 2 heterocycles. The molecular weight excluding hydrogens is 228 g/mol.